The minimum Gasteiger partial charge on any atom is -0.253 e. The van der Waals surface area contributed by atoms with Crippen LogP contribution >= 0.6 is 22.9 Å². The molecule has 0 aliphatic heterocycles. The van der Waals surface area contributed by atoms with E-state index in [1.54, 1.807) is 11.3 Å². The van der Waals surface area contributed by atoms with E-state index in [0.29, 0.717) is 0 Å². The van der Waals surface area contributed by atoms with Crippen LogP contribution in [-0.4, -0.2) is 4.98 Å². The third-order valence-corrected chi connectivity index (χ3v) is 2.95. The van der Waals surface area contributed by atoms with Crippen LogP contribution in [0, 0.1) is 0 Å². The van der Waals surface area contributed by atoms with E-state index in [-0.39, 0.29) is 0 Å². The van der Waals surface area contributed by atoms with Crippen molar-refractivity contribution in [1.29, 1.82) is 0 Å². The average Bonchev–Trinajstić information content (AvgIpc) is 2.61. The lowest BCUT2D eigenvalue weighted by atomic mass is 10.1. The summed E-state index contributed by atoms with van der Waals surface area (Å²) < 4.78 is 0. The lowest BCUT2D eigenvalue weighted by molar-refractivity contribution is 1.22. The summed E-state index contributed by atoms with van der Waals surface area (Å²) in [6, 6.07) is 7.90. The molecule has 0 saturated carbocycles. The smallest absolute Gasteiger partial charge is 0.0794 e. The molecule has 13 heavy (non-hydrogen) atoms. The number of hydrogen-bond donors (Lipinski definition) is 0. The first-order chi connectivity index (χ1) is 6.36. The zero-order chi connectivity index (χ0) is 9.10. The van der Waals surface area contributed by atoms with Gasteiger partial charge in [-0.05, 0) is 11.6 Å². The number of benzene rings is 1. The number of rotatable bonds is 2. The predicted octanol–water partition coefficient (Wildman–Crippen LogP) is 3.39. The highest BCUT2D eigenvalue weighted by Gasteiger charge is 2.01. The van der Waals surface area contributed by atoms with Gasteiger partial charge in [-0.25, -0.2) is 0 Å². The van der Waals surface area contributed by atoms with E-state index >= 15 is 0 Å². The Balaban J connectivity index is 2.24. The van der Waals surface area contributed by atoms with Crippen LogP contribution in [0.1, 0.15) is 10.4 Å². The minimum absolute atomic E-state index is 0.830. The largest absolute Gasteiger partial charge is 0.253 e. The van der Waals surface area contributed by atoms with Crippen molar-refractivity contribution in [3.63, 3.8) is 0 Å². The van der Waals surface area contributed by atoms with Crippen LogP contribution < -0.4 is 0 Å². The van der Waals surface area contributed by atoms with Crippen LogP contribution in [-0.2, 0) is 6.42 Å². The molecule has 2 rings (SSSR count). The van der Waals surface area contributed by atoms with E-state index in [1.807, 2.05) is 36.0 Å². The third kappa shape index (κ3) is 2.08. The molecule has 0 unspecified atom stereocenters. The summed E-state index contributed by atoms with van der Waals surface area (Å²) in [5, 5.41) is 0.830. The molecule has 1 nitrogen and oxygen atoms in total. The van der Waals surface area contributed by atoms with Gasteiger partial charge in [-0.1, -0.05) is 29.8 Å². The summed E-state index contributed by atoms with van der Waals surface area (Å²) in [4.78, 5) is 5.27. The SMILES string of the molecule is Clc1ccccc1Cc1cncs1. The van der Waals surface area contributed by atoms with Gasteiger partial charge in [-0.15, -0.1) is 11.3 Å². The molecule has 0 spiro atoms. The quantitative estimate of drug-likeness (QED) is 0.739. The molecule has 66 valence electrons. The molecule has 1 aromatic heterocycles. The molecule has 3 heteroatoms. The average molecular weight is 210 g/mol. The number of hydrogen-bond acceptors (Lipinski definition) is 2. The fourth-order valence-electron chi connectivity index (χ4n) is 1.16. The second kappa shape index (κ2) is 3.90. The van der Waals surface area contributed by atoms with Crippen molar-refractivity contribution in [1.82, 2.24) is 4.98 Å². The van der Waals surface area contributed by atoms with Gasteiger partial charge < -0.3 is 0 Å². The molecule has 0 aliphatic rings. The molecule has 1 aromatic carbocycles. The van der Waals surface area contributed by atoms with E-state index in [4.69, 9.17) is 11.6 Å². The number of nitrogens with zero attached hydrogens (tertiary/aromatic N) is 1. The Hall–Kier alpha value is -0.860. The fourth-order valence-corrected chi connectivity index (χ4v) is 1.98. The van der Waals surface area contributed by atoms with Crippen molar-refractivity contribution >= 4 is 22.9 Å². The predicted molar refractivity (Wildman–Crippen MR) is 56.4 cm³/mol. The molecule has 1 heterocycles. The zero-order valence-electron chi connectivity index (χ0n) is 6.90. The highest BCUT2D eigenvalue weighted by molar-refractivity contribution is 7.09. The maximum Gasteiger partial charge on any atom is 0.0794 e. The van der Waals surface area contributed by atoms with Gasteiger partial charge in [0.1, 0.15) is 0 Å². The van der Waals surface area contributed by atoms with Crippen molar-refractivity contribution in [2.45, 2.75) is 6.42 Å². The second-order valence-corrected chi connectivity index (χ2v) is 4.11. The van der Waals surface area contributed by atoms with Crippen molar-refractivity contribution in [3.8, 4) is 0 Å². The topological polar surface area (TPSA) is 12.9 Å². The molecule has 0 amide bonds. The van der Waals surface area contributed by atoms with Crippen LogP contribution in [0.15, 0.2) is 36.0 Å². The Kier molecular flexibility index (Phi) is 2.62. The van der Waals surface area contributed by atoms with Gasteiger partial charge in [-0.3, -0.25) is 4.98 Å². The number of aromatic nitrogens is 1. The maximum absolute atomic E-state index is 6.03. The number of thiazole rings is 1. The Morgan fingerprint density at radius 2 is 2.15 bits per heavy atom. The minimum atomic E-state index is 0.830. The zero-order valence-corrected chi connectivity index (χ0v) is 8.48. The van der Waals surface area contributed by atoms with Gasteiger partial charge in [-0.2, -0.15) is 0 Å². The standard InChI is InChI=1S/C10H8ClNS/c11-10-4-2-1-3-8(10)5-9-6-12-7-13-9/h1-4,6-7H,5H2. The van der Waals surface area contributed by atoms with E-state index < -0.39 is 0 Å². The lowest BCUT2D eigenvalue weighted by Gasteiger charge is -2.00. The molecule has 0 aliphatic carbocycles. The molecule has 0 N–H and O–H groups in total. The van der Waals surface area contributed by atoms with E-state index in [2.05, 4.69) is 4.98 Å². The summed E-state index contributed by atoms with van der Waals surface area (Å²) in [6.45, 7) is 0. The van der Waals surface area contributed by atoms with E-state index in [1.165, 1.54) is 4.88 Å². The molecule has 2 aromatic rings. The second-order valence-electron chi connectivity index (χ2n) is 2.74. The molecular formula is C10H8ClNS. The van der Waals surface area contributed by atoms with Crippen LogP contribution in [0.4, 0.5) is 0 Å². The highest BCUT2D eigenvalue weighted by Crippen LogP contribution is 2.20. The maximum atomic E-state index is 6.03. The summed E-state index contributed by atoms with van der Waals surface area (Å²) in [5.41, 5.74) is 3.00. The van der Waals surface area contributed by atoms with Gasteiger partial charge in [0.05, 0.1) is 5.51 Å². The van der Waals surface area contributed by atoms with E-state index in [9.17, 15) is 0 Å². The van der Waals surface area contributed by atoms with E-state index in [0.717, 1.165) is 17.0 Å². The normalized spacial score (nSPS) is 10.2. The van der Waals surface area contributed by atoms with Gasteiger partial charge in [0, 0.05) is 22.5 Å². The first-order valence-corrected chi connectivity index (χ1v) is 5.23. The van der Waals surface area contributed by atoms with Gasteiger partial charge in [0.25, 0.3) is 0 Å². The monoisotopic (exact) mass is 209 g/mol. The number of halogens is 1. The first kappa shape index (κ1) is 8.73. The lowest BCUT2D eigenvalue weighted by Crippen LogP contribution is -1.84. The van der Waals surface area contributed by atoms with Gasteiger partial charge in [0.15, 0.2) is 0 Å². The molecule has 0 saturated heterocycles. The summed E-state index contributed by atoms with van der Waals surface area (Å²) >= 11 is 7.68. The Bertz CT molecular complexity index is 384. The van der Waals surface area contributed by atoms with Crippen LogP contribution in [0.2, 0.25) is 5.02 Å². The molecule has 0 atom stereocenters. The summed E-state index contributed by atoms with van der Waals surface area (Å²) in [6.07, 6.45) is 2.76. The first-order valence-electron chi connectivity index (χ1n) is 3.97. The van der Waals surface area contributed by atoms with Gasteiger partial charge in [0.2, 0.25) is 0 Å². The Morgan fingerprint density at radius 1 is 1.31 bits per heavy atom. The van der Waals surface area contributed by atoms with Gasteiger partial charge >= 0.3 is 0 Å². The van der Waals surface area contributed by atoms with Crippen molar-refractivity contribution in [2.24, 2.45) is 0 Å². The molecule has 0 bridgehead atoms. The van der Waals surface area contributed by atoms with Crippen LogP contribution in [0.3, 0.4) is 0 Å². The van der Waals surface area contributed by atoms with Crippen molar-refractivity contribution in [3.05, 3.63) is 51.4 Å². The Labute approximate surface area is 86.0 Å². The third-order valence-electron chi connectivity index (χ3n) is 1.81. The molecular weight excluding hydrogens is 202 g/mol. The summed E-state index contributed by atoms with van der Waals surface area (Å²) in [7, 11) is 0. The summed E-state index contributed by atoms with van der Waals surface area (Å²) in [5.74, 6) is 0. The molecule has 0 radical (unpaired) electrons. The van der Waals surface area contributed by atoms with Crippen molar-refractivity contribution < 1.29 is 0 Å². The van der Waals surface area contributed by atoms with Crippen molar-refractivity contribution in [2.75, 3.05) is 0 Å². The Morgan fingerprint density at radius 3 is 2.85 bits per heavy atom. The van der Waals surface area contributed by atoms with Crippen LogP contribution in [0.25, 0.3) is 0 Å². The fraction of sp³-hybridized carbons (Fsp3) is 0.100. The highest BCUT2D eigenvalue weighted by atomic mass is 35.5. The molecule has 0 fully saturated rings. The van der Waals surface area contributed by atoms with Crippen LogP contribution in [0.5, 0.6) is 0 Å².